The minimum Gasteiger partial charge on any atom is -0.486 e. The van der Waals surface area contributed by atoms with Gasteiger partial charge in [-0.2, -0.15) is 0 Å². The van der Waals surface area contributed by atoms with Crippen molar-refractivity contribution in [3.63, 3.8) is 0 Å². The third-order valence-electron chi connectivity index (χ3n) is 4.66. The van der Waals surface area contributed by atoms with E-state index < -0.39 is 0 Å². The highest BCUT2D eigenvalue weighted by atomic mass is 16.5. The molecule has 7 nitrogen and oxygen atoms in total. The Labute approximate surface area is 175 Å². The lowest BCUT2D eigenvalue weighted by molar-refractivity contribution is 0.0929. The molecule has 156 valence electrons. The van der Waals surface area contributed by atoms with Crippen LogP contribution in [0, 0.1) is 6.92 Å². The van der Waals surface area contributed by atoms with Gasteiger partial charge >= 0.3 is 0 Å². The van der Waals surface area contributed by atoms with Gasteiger partial charge in [0.05, 0.1) is 0 Å². The van der Waals surface area contributed by atoms with Crippen molar-refractivity contribution in [2.75, 3.05) is 5.32 Å². The van der Waals surface area contributed by atoms with E-state index in [0.29, 0.717) is 22.8 Å². The Balaban J connectivity index is 1.53. The molecular formula is C23H25N3O4. The fourth-order valence-electron chi connectivity index (χ4n) is 2.70. The number of carbonyl (C=O) groups is 2. The number of hydrogen-bond acceptors (Lipinski definition) is 5. The second-order valence-electron chi connectivity index (χ2n) is 7.04. The Morgan fingerprint density at radius 2 is 1.83 bits per heavy atom. The number of nitrogens with zero attached hydrogens (tertiary/aromatic N) is 1. The van der Waals surface area contributed by atoms with Crippen LogP contribution in [0.5, 0.6) is 5.75 Å². The molecule has 2 N–H and O–H groups in total. The summed E-state index contributed by atoms with van der Waals surface area (Å²) in [7, 11) is 0. The van der Waals surface area contributed by atoms with E-state index in [0.717, 1.165) is 12.0 Å². The SMILES string of the molecule is CC[C@H](C)NC(=O)c1cc(COc2ccc(NC(=O)c3ccccc3C)cc2)on1. The zero-order valence-corrected chi connectivity index (χ0v) is 17.3. The van der Waals surface area contributed by atoms with E-state index in [1.54, 1.807) is 36.4 Å². The first-order valence-electron chi connectivity index (χ1n) is 9.82. The van der Waals surface area contributed by atoms with Crippen molar-refractivity contribution >= 4 is 17.5 Å². The summed E-state index contributed by atoms with van der Waals surface area (Å²) >= 11 is 0. The average Bonchev–Trinajstić information content (AvgIpc) is 3.22. The Morgan fingerprint density at radius 1 is 1.10 bits per heavy atom. The molecule has 0 aliphatic carbocycles. The summed E-state index contributed by atoms with van der Waals surface area (Å²) in [6.45, 7) is 5.95. The van der Waals surface area contributed by atoms with Crippen molar-refractivity contribution in [2.24, 2.45) is 0 Å². The van der Waals surface area contributed by atoms with Gasteiger partial charge in [-0.1, -0.05) is 30.3 Å². The lowest BCUT2D eigenvalue weighted by Crippen LogP contribution is -2.32. The number of nitrogens with one attached hydrogen (secondary N) is 2. The lowest BCUT2D eigenvalue weighted by Gasteiger charge is -2.09. The molecule has 0 spiro atoms. The normalized spacial score (nSPS) is 11.6. The van der Waals surface area contributed by atoms with Gasteiger partial charge in [0.1, 0.15) is 12.4 Å². The molecule has 0 aliphatic rings. The number of amides is 2. The summed E-state index contributed by atoms with van der Waals surface area (Å²) in [5.74, 6) is 0.617. The molecule has 3 rings (SSSR count). The molecule has 7 heteroatoms. The Morgan fingerprint density at radius 3 is 2.53 bits per heavy atom. The van der Waals surface area contributed by atoms with Crippen LogP contribution in [0.2, 0.25) is 0 Å². The van der Waals surface area contributed by atoms with E-state index in [1.165, 1.54) is 0 Å². The highest BCUT2D eigenvalue weighted by Gasteiger charge is 2.14. The molecule has 30 heavy (non-hydrogen) atoms. The summed E-state index contributed by atoms with van der Waals surface area (Å²) in [4.78, 5) is 24.4. The zero-order valence-electron chi connectivity index (χ0n) is 17.3. The smallest absolute Gasteiger partial charge is 0.273 e. The van der Waals surface area contributed by atoms with Gasteiger partial charge in [-0.15, -0.1) is 0 Å². The molecule has 0 fully saturated rings. The molecule has 0 unspecified atom stereocenters. The van der Waals surface area contributed by atoms with E-state index in [-0.39, 0.29) is 30.2 Å². The molecule has 3 aromatic rings. The van der Waals surface area contributed by atoms with Crippen molar-refractivity contribution in [1.29, 1.82) is 0 Å². The van der Waals surface area contributed by atoms with E-state index in [2.05, 4.69) is 15.8 Å². The summed E-state index contributed by atoms with van der Waals surface area (Å²) in [5.41, 5.74) is 2.44. The first-order valence-corrected chi connectivity index (χ1v) is 9.82. The number of aromatic nitrogens is 1. The number of rotatable bonds is 8. The van der Waals surface area contributed by atoms with E-state index in [1.807, 2.05) is 39.0 Å². The van der Waals surface area contributed by atoms with Crippen LogP contribution in [0.25, 0.3) is 0 Å². The molecule has 1 atom stereocenters. The summed E-state index contributed by atoms with van der Waals surface area (Å²) in [6.07, 6.45) is 0.834. The first kappa shape index (κ1) is 21.1. The van der Waals surface area contributed by atoms with E-state index >= 15 is 0 Å². The molecule has 0 radical (unpaired) electrons. The highest BCUT2D eigenvalue weighted by Crippen LogP contribution is 2.19. The molecule has 1 aromatic heterocycles. The van der Waals surface area contributed by atoms with Crippen molar-refractivity contribution in [1.82, 2.24) is 10.5 Å². The monoisotopic (exact) mass is 407 g/mol. The molecule has 2 aromatic carbocycles. The summed E-state index contributed by atoms with van der Waals surface area (Å²) in [5, 5.41) is 9.49. The average molecular weight is 407 g/mol. The lowest BCUT2D eigenvalue weighted by atomic mass is 10.1. The predicted octanol–water partition coefficient (Wildman–Crippen LogP) is 4.34. The first-order chi connectivity index (χ1) is 14.5. The van der Waals surface area contributed by atoms with Crippen LogP contribution >= 0.6 is 0 Å². The summed E-state index contributed by atoms with van der Waals surface area (Å²) in [6, 6.07) is 16.1. The van der Waals surface area contributed by atoms with Gasteiger partial charge < -0.3 is 19.9 Å². The predicted molar refractivity (Wildman–Crippen MR) is 114 cm³/mol. The third kappa shape index (κ3) is 5.47. The molecule has 0 saturated heterocycles. The van der Waals surface area contributed by atoms with Crippen LogP contribution in [-0.2, 0) is 6.61 Å². The maximum atomic E-state index is 12.4. The topological polar surface area (TPSA) is 93.5 Å². The van der Waals surface area contributed by atoms with Crippen molar-refractivity contribution in [2.45, 2.75) is 39.8 Å². The molecule has 0 bridgehead atoms. The second kappa shape index (κ2) is 9.73. The van der Waals surface area contributed by atoms with Crippen molar-refractivity contribution in [3.05, 3.63) is 77.2 Å². The molecule has 0 saturated carbocycles. The van der Waals surface area contributed by atoms with Crippen molar-refractivity contribution in [3.8, 4) is 5.75 Å². The van der Waals surface area contributed by atoms with Crippen LogP contribution in [0.1, 0.15) is 52.4 Å². The van der Waals surface area contributed by atoms with E-state index in [9.17, 15) is 9.59 Å². The van der Waals surface area contributed by atoms with Crippen LogP contribution < -0.4 is 15.4 Å². The molecule has 2 amide bonds. The van der Waals surface area contributed by atoms with Gasteiger partial charge in [-0.25, -0.2) is 0 Å². The quantitative estimate of drug-likeness (QED) is 0.579. The third-order valence-corrected chi connectivity index (χ3v) is 4.66. The highest BCUT2D eigenvalue weighted by molar-refractivity contribution is 6.05. The van der Waals surface area contributed by atoms with Crippen molar-refractivity contribution < 1.29 is 18.8 Å². The minimum atomic E-state index is -0.270. The Kier molecular flexibility index (Phi) is 6.85. The van der Waals surface area contributed by atoms with Crippen LogP contribution in [0.4, 0.5) is 5.69 Å². The number of ether oxygens (including phenoxy) is 1. The number of hydrogen-bond donors (Lipinski definition) is 2. The van der Waals surface area contributed by atoms with Gasteiger partial charge in [0.15, 0.2) is 11.5 Å². The van der Waals surface area contributed by atoms with Crippen LogP contribution in [0.3, 0.4) is 0 Å². The minimum absolute atomic E-state index is 0.0683. The maximum Gasteiger partial charge on any atom is 0.273 e. The fraction of sp³-hybridized carbons (Fsp3) is 0.261. The molecule has 0 aliphatic heterocycles. The van der Waals surface area contributed by atoms with Crippen LogP contribution in [0.15, 0.2) is 59.1 Å². The van der Waals surface area contributed by atoms with Gasteiger partial charge in [0.25, 0.3) is 11.8 Å². The molecule has 1 heterocycles. The van der Waals surface area contributed by atoms with Crippen LogP contribution in [-0.4, -0.2) is 23.0 Å². The van der Waals surface area contributed by atoms with Gasteiger partial charge in [0.2, 0.25) is 0 Å². The number of benzene rings is 2. The number of aryl methyl sites for hydroxylation is 1. The largest absolute Gasteiger partial charge is 0.486 e. The second-order valence-corrected chi connectivity index (χ2v) is 7.04. The zero-order chi connectivity index (χ0) is 21.5. The van der Waals surface area contributed by atoms with Gasteiger partial charge in [0, 0.05) is 23.4 Å². The number of carbonyl (C=O) groups excluding carboxylic acids is 2. The standard InChI is InChI=1S/C23H25N3O4/c1-4-16(3)24-23(28)21-13-19(30-26-21)14-29-18-11-9-17(10-12-18)25-22(27)20-8-6-5-7-15(20)2/h5-13,16H,4,14H2,1-3H3,(H,24,28)(H,25,27)/t16-/m0/s1. The summed E-state index contributed by atoms with van der Waals surface area (Å²) < 4.78 is 10.8. The maximum absolute atomic E-state index is 12.4. The molecular weight excluding hydrogens is 382 g/mol. The number of anilines is 1. The Bertz CT molecular complexity index is 1010. The van der Waals surface area contributed by atoms with Gasteiger partial charge in [-0.3, -0.25) is 9.59 Å². The van der Waals surface area contributed by atoms with E-state index in [4.69, 9.17) is 9.26 Å². The van der Waals surface area contributed by atoms with Gasteiger partial charge in [-0.05, 0) is 56.2 Å². The Hall–Kier alpha value is -3.61. The fourth-order valence-corrected chi connectivity index (χ4v) is 2.70.